The average molecular weight is 432 g/mol. The molecule has 1 aromatic heterocycles. The Morgan fingerprint density at radius 3 is 2.35 bits per heavy atom. The number of carbonyl (C=O) groups is 1. The van der Waals surface area contributed by atoms with Crippen LogP contribution < -0.4 is 10.9 Å². The summed E-state index contributed by atoms with van der Waals surface area (Å²) in [7, 11) is 0. The van der Waals surface area contributed by atoms with Crippen LogP contribution >= 0.6 is 0 Å². The second kappa shape index (κ2) is 9.16. The molecule has 1 amide bonds. The minimum Gasteiger partial charge on any atom is -0.344 e. The first-order chi connectivity index (χ1) is 14.7. The second-order valence-corrected chi connectivity index (χ2v) is 7.03. The monoisotopic (exact) mass is 432 g/mol. The Hall–Kier alpha value is -3.42. The number of hydrogen-bond donors (Lipinski definition) is 1. The van der Waals surface area contributed by atoms with Crippen LogP contribution in [0.5, 0.6) is 0 Å². The van der Waals surface area contributed by atoms with E-state index in [0.717, 1.165) is 18.1 Å². The van der Waals surface area contributed by atoms with Gasteiger partial charge >= 0.3 is 6.18 Å². The van der Waals surface area contributed by atoms with Crippen LogP contribution in [-0.2, 0) is 23.9 Å². The Kier molecular flexibility index (Phi) is 6.58. The van der Waals surface area contributed by atoms with E-state index in [1.165, 1.54) is 18.2 Å². The van der Waals surface area contributed by atoms with E-state index in [1.54, 1.807) is 18.2 Å². The topological polar surface area (TPSA) is 51.1 Å². The van der Waals surface area contributed by atoms with Crippen LogP contribution in [0.25, 0.3) is 0 Å². The summed E-state index contributed by atoms with van der Waals surface area (Å²) in [6.07, 6.45) is -3.22. The highest BCUT2D eigenvalue weighted by Gasteiger charge is 2.31. The largest absolute Gasteiger partial charge is 0.417 e. The molecule has 0 saturated heterocycles. The van der Waals surface area contributed by atoms with Crippen molar-refractivity contribution in [3.63, 3.8) is 0 Å². The number of nitrogens with one attached hydrogen (secondary N) is 1. The van der Waals surface area contributed by atoms with Gasteiger partial charge in [0.1, 0.15) is 12.4 Å². The predicted octanol–water partition coefficient (Wildman–Crippen LogP) is 4.47. The molecule has 0 bridgehead atoms. The minimum atomic E-state index is -4.64. The molecule has 0 fully saturated rings. The molecule has 8 heteroatoms. The lowest BCUT2D eigenvalue weighted by atomic mass is 9.97. The maximum atomic E-state index is 13.8. The number of carbonyl (C=O) groups excluding carboxylic acids is 1. The Morgan fingerprint density at radius 1 is 1.03 bits per heavy atom. The number of pyridine rings is 1. The lowest BCUT2D eigenvalue weighted by Gasteiger charge is -2.21. The molecule has 0 spiro atoms. The van der Waals surface area contributed by atoms with Crippen molar-refractivity contribution in [3.05, 3.63) is 105 Å². The number of alkyl halides is 3. The van der Waals surface area contributed by atoms with Crippen molar-refractivity contribution < 1.29 is 22.4 Å². The lowest BCUT2D eigenvalue weighted by molar-refractivity contribution is -0.138. The fourth-order valence-electron chi connectivity index (χ4n) is 3.17. The summed E-state index contributed by atoms with van der Waals surface area (Å²) in [5, 5.41) is 2.70. The van der Waals surface area contributed by atoms with E-state index in [0.29, 0.717) is 28.0 Å². The molecule has 162 valence electrons. The fourth-order valence-corrected chi connectivity index (χ4v) is 3.17. The minimum absolute atomic E-state index is 0.467. The van der Waals surface area contributed by atoms with Gasteiger partial charge in [0.2, 0.25) is 5.91 Å². The zero-order valence-corrected chi connectivity index (χ0v) is 16.6. The summed E-state index contributed by atoms with van der Waals surface area (Å²) < 4.78 is 53.3. The molecular weight excluding hydrogens is 412 g/mol. The van der Waals surface area contributed by atoms with Crippen LogP contribution in [0.2, 0.25) is 0 Å². The summed E-state index contributed by atoms with van der Waals surface area (Å²) >= 11 is 0. The van der Waals surface area contributed by atoms with Gasteiger partial charge in [-0.15, -0.1) is 0 Å². The van der Waals surface area contributed by atoms with Crippen molar-refractivity contribution in [2.45, 2.75) is 32.1 Å². The van der Waals surface area contributed by atoms with Gasteiger partial charge in [-0.3, -0.25) is 9.59 Å². The molecule has 1 heterocycles. The zero-order chi connectivity index (χ0) is 22.6. The predicted molar refractivity (Wildman–Crippen MR) is 108 cm³/mol. The van der Waals surface area contributed by atoms with Crippen molar-refractivity contribution in [3.8, 4) is 0 Å². The maximum absolute atomic E-state index is 13.8. The highest BCUT2D eigenvalue weighted by Crippen LogP contribution is 2.28. The molecule has 0 saturated carbocycles. The van der Waals surface area contributed by atoms with Gasteiger partial charge in [-0.1, -0.05) is 43.3 Å². The third-order valence-electron chi connectivity index (χ3n) is 4.83. The van der Waals surface area contributed by atoms with Gasteiger partial charge in [0.25, 0.3) is 5.56 Å². The molecule has 1 atom stereocenters. The Balaban J connectivity index is 1.89. The Labute approximate surface area is 176 Å². The average Bonchev–Trinajstić information content (AvgIpc) is 2.73. The third kappa shape index (κ3) is 5.59. The van der Waals surface area contributed by atoms with Crippen LogP contribution in [0.3, 0.4) is 0 Å². The third-order valence-corrected chi connectivity index (χ3v) is 4.83. The van der Waals surface area contributed by atoms with E-state index in [1.807, 2.05) is 19.1 Å². The van der Waals surface area contributed by atoms with Gasteiger partial charge < -0.3 is 9.88 Å². The second-order valence-electron chi connectivity index (χ2n) is 7.03. The molecule has 4 nitrogen and oxygen atoms in total. The molecule has 2 aromatic carbocycles. The van der Waals surface area contributed by atoms with Gasteiger partial charge in [-0.2, -0.15) is 13.2 Å². The molecule has 3 rings (SSSR count). The summed E-state index contributed by atoms with van der Waals surface area (Å²) in [6.45, 7) is 1.38. The van der Waals surface area contributed by atoms with Gasteiger partial charge in [0, 0.05) is 12.3 Å². The molecule has 0 unspecified atom stereocenters. The molecule has 0 aliphatic carbocycles. The standard InChI is InChI=1S/C23H20F4N2O2/c1-2-15-6-8-16(9-7-15)22(17-4-3-5-19(24)12-17)28-20(30)14-29-13-18(23(25,26)27)10-11-21(29)31/h3-13,22H,2,14H2,1H3,(H,28,30)/t22-/m1/s1. The van der Waals surface area contributed by atoms with Crippen molar-refractivity contribution in [1.82, 2.24) is 9.88 Å². The van der Waals surface area contributed by atoms with E-state index < -0.39 is 41.6 Å². The summed E-state index contributed by atoms with van der Waals surface area (Å²) in [5.41, 5.74) is 0.444. The summed E-state index contributed by atoms with van der Waals surface area (Å²) in [6, 6.07) is 13.7. The molecule has 31 heavy (non-hydrogen) atoms. The zero-order valence-electron chi connectivity index (χ0n) is 16.6. The normalized spacial score (nSPS) is 12.4. The highest BCUT2D eigenvalue weighted by atomic mass is 19.4. The molecule has 0 aliphatic heterocycles. The van der Waals surface area contributed by atoms with E-state index in [9.17, 15) is 27.2 Å². The first-order valence-electron chi connectivity index (χ1n) is 9.58. The molecule has 0 aliphatic rings. The van der Waals surface area contributed by atoms with Crippen LogP contribution in [0.1, 0.15) is 35.2 Å². The van der Waals surface area contributed by atoms with Crippen molar-refractivity contribution in [2.75, 3.05) is 0 Å². The summed E-state index contributed by atoms with van der Waals surface area (Å²) in [5.74, 6) is -1.17. The number of benzene rings is 2. The van der Waals surface area contributed by atoms with E-state index in [4.69, 9.17) is 0 Å². The van der Waals surface area contributed by atoms with E-state index in [2.05, 4.69) is 5.32 Å². The van der Waals surface area contributed by atoms with Gasteiger partial charge in [-0.25, -0.2) is 4.39 Å². The number of hydrogen-bond acceptors (Lipinski definition) is 2. The summed E-state index contributed by atoms with van der Waals surface area (Å²) in [4.78, 5) is 24.6. The maximum Gasteiger partial charge on any atom is 0.417 e. The number of nitrogens with zero attached hydrogens (tertiary/aromatic N) is 1. The smallest absolute Gasteiger partial charge is 0.344 e. The van der Waals surface area contributed by atoms with Crippen LogP contribution in [0.15, 0.2) is 71.7 Å². The lowest BCUT2D eigenvalue weighted by Crippen LogP contribution is -2.35. The number of halogens is 4. The van der Waals surface area contributed by atoms with Gasteiger partial charge in [0.15, 0.2) is 0 Å². The van der Waals surface area contributed by atoms with Gasteiger partial charge in [0.05, 0.1) is 11.6 Å². The van der Waals surface area contributed by atoms with Crippen LogP contribution in [-0.4, -0.2) is 10.5 Å². The van der Waals surface area contributed by atoms with E-state index in [-0.39, 0.29) is 0 Å². The molecule has 3 aromatic rings. The first kappa shape index (κ1) is 22.3. The Morgan fingerprint density at radius 2 is 1.74 bits per heavy atom. The molecule has 1 N–H and O–H groups in total. The SMILES string of the molecule is CCc1ccc([C@@H](NC(=O)Cn2cc(C(F)(F)F)ccc2=O)c2cccc(F)c2)cc1. The Bertz CT molecular complexity index is 1120. The highest BCUT2D eigenvalue weighted by molar-refractivity contribution is 5.76. The number of rotatable bonds is 6. The number of aromatic nitrogens is 1. The molecule has 0 radical (unpaired) electrons. The quantitative estimate of drug-likeness (QED) is 0.585. The van der Waals surface area contributed by atoms with Crippen molar-refractivity contribution >= 4 is 5.91 Å². The number of aryl methyl sites for hydroxylation is 1. The van der Waals surface area contributed by atoms with Crippen molar-refractivity contribution in [2.24, 2.45) is 0 Å². The van der Waals surface area contributed by atoms with Crippen molar-refractivity contribution in [1.29, 1.82) is 0 Å². The van der Waals surface area contributed by atoms with Gasteiger partial charge in [-0.05, 0) is 41.3 Å². The van der Waals surface area contributed by atoms with E-state index >= 15 is 0 Å². The molecular formula is C23H20F4N2O2. The van der Waals surface area contributed by atoms with Crippen LogP contribution in [0, 0.1) is 5.82 Å². The number of amides is 1. The van der Waals surface area contributed by atoms with Crippen LogP contribution in [0.4, 0.5) is 17.6 Å². The fraction of sp³-hybridized carbons (Fsp3) is 0.217. The first-order valence-corrected chi connectivity index (χ1v) is 9.58.